The van der Waals surface area contributed by atoms with Crippen LogP contribution < -0.4 is 5.32 Å². The highest BCUT2D eigenvalue weighted by atomic mass is 79.9. The van der Waals surface area contributed by atoms with Gasteiger partial charge in [0, 0.05) is 23.6 Å². The normalized spacial score (nSPS) is 19.2. The molecule has 0 aromatic heterocycles. The van der Waals surface area contributed by atoms with Gasteiger partial charge in [-0.3, -0.25) is 4.79 Å². The third-order valence-electron chi connectivity index (χ3n) is 3.38. The number of carbonyl (C=O) groups excluding carboxylic acids is 1. The van der Waals surface area contributed by atoms with Crippen molar-refractivity contribution in [3.05, 3.63) is 34.3 Å². The van der Waals surface area contributed by atoms with Crippen LogP contribution in [0.25, 0.3) is 0 Å². The summed E-state index contributed by atoms with van der Waals surface area (Å²) in [5.74, 6) is 0.242. The van der Waals surface area contributed by atoms with E-state index in [4.69, 9.17) is 0 Å². The standard InChI is InChI=1S/C14H19BrN2O/c1-16-10-13-6-3-7-17(13)14(18)9-11-4-2-5-12(15)8-11/h2,4-5,8,13,16H,3,6-7,9-10H2,1H3/t13-/m0/s1. The minimum atomic E-state index is 0.242. The third-order valence-corrected chi connectivity index (χ3v) is 3.87. The van der Waals surface area contributed by atoms with Crippen molar-refractivity contribution in [2.24, 2.45) is 0 Å². The van der Waals surface area contributed by atoms with Crippen LogP contribution in [0.3, 0.4) is 0 Å². The second-order valence-corrected chi connectivity index (χ2v) is 5.66. The SMILES string of the molecule is CNC[C@@H]1CCCN1C(=O)Cc1cccc(Br)c1. The number of halogens is 1. The predicted molar refractivity (Wildman–Crippen MR) is 76.5 cm³/mol. The van der Waals surface area contributed by atoms with Gasteiger partial charge in [-0.25, -0.2) is 0 Å². The Bertz CT molecular complexity index is 422. The van der Waals surface area contributed by atoms with Crippen LogP contribution in [0.5, 0.6) is 0 Å². The van der Waals surface area contributed by atoms with Crippen LogP contribution in [0, 0.1) is 0 Å². The van der Waals surface area contributed by atoms with Crippen LogP contribution in [0.4, 0.5) is 0 Å². The molecule has 0 bridgehead atoms. The van der Waals surface area contributed by atoms with E-state index in [1.54, 1.807) is 0 Å². The summed E-state index contributed by atoms with van der Waals surface area (Å²) < 4.78 is 1.03. The van der Waals surface area contributed by atoms with Gasteiger partial charge in [0.05, 0.1) is 6.42 Å². The van der Waals surface area contributed by atoms with Gasteiger partial charge in [0.15, 0.2) is 0 Å². The van der Waals surface area contributed by atoms with Gasteiger partial charge in [-0.15, -0.1) is 0 Å². The molecule has 0 saturated carbocycles. The number of rotatable bonds is 4. The quantitative estimate of drug-likeness (QED) is 0.924. The molecule has 1 N–H and O–H groups in total. The second kappa shape index (κ2) is 6.34. The van der Waals surface area contributed by atoms with Crippen molar-refractivity contribution < 1.29 is 4.79 Å². The fourth-order valence-corrected chi connectivity index (χ4v) is 2.98. The minimum absolute atomic E-state index is 0.242. The number of carbonyl (C=O) groups is 1. The molecular formula is C14H19BrN2O. The summed E-state index contributed by atoms with van der Waals surface area (Å²) in [5.41, 5.74) is 1.07. The van der Waals surface area contributed by atoms with E-state index in [2.05, 4.69) is 21.2 Å². The average molecular weight is 311 g/mol. The van der Waals surface area contributed by atoms with Crippen molar-refractivity contribution in [1.29, 1.82) is 0 Å². The van der Waals surface area contributed by atoms with Gasteiger partial charge < -0.3 is 10.2 Å². The van der Waals surface area contributed by atoms with Gasteiger partial charge in [-0.1, -0.05) is 28.1 Å². The molecule has 1 aromatic rings. The topological polar surface area (TPSA) is 32.3 Å². The van der Waals surface area contributed by atoms with Crippen LogP contribution in [0.2, 0.25) is 0 Å². The maximum absolute atomic E-state index is 12.3. The zero-order valence-electron chi connectivity index (χ0n) is 10.7. The van der Waals surface area contributed by atoms with Gasteiger partial charge in [0.1, 0.15) is 0 Å². The van der Waals surface area contributed by atoms with E-state index in [0.717, 1.165) is 36.0 Å². The van der Waals surface area contributed by atoms with Gasteiger partial charge in [0.25, 0.3) is 0 Å². The summed E-state index contributed by atoms with van der Waals surface area (Å²) in [6, 6.07) is 8.34. The Kier molecular flexibility index (Phi) is 4.78. The molecule has 0 spiro atoms. The Hall–Kier alpha value is -0.870. The van der Waals surface area contributed by atoms with Crippen molar-refractivity contribution in [3.63, 3.8) is 0 Å². The van der Waals surface area contributed by atoms with Crippen LogP contribution in [-0.2, 0) is 11.2 Å². The number of amides is 1. The van der Waals surface area contributed by atoms with Crippen molar-refractivity contribution in [2.75, 3.05) is 20.1 Å². The Labute approximate surface area is 117 Å². The first-order chi connectivity index (χ1) is 8.70. The number of hydrogen-bond acceptors (Lipinski definition) is 2. The smallest absolute Gasteiger partial charge is 0.227 e. The second-order valence-electron chi connectivity index (χ2n) is 4.75. The highest BCUT2D eigenvalue weighted by Crippen LogP contribution is 2.19. The lowest BCUT2D eigenvalue weighted by molar-refractivity contribution is -0.131. The summed E-state index contributed by atoms with van der Waals surface area (Å²) in [6.07, 6.45) is 2.74. The Morgan fingerprint density at radius 2 is 2.39 bits per heavy atom. The van der Waals surface area contributed by atoms with E-state index in [-0.39, 0.29) is 5.91 Å². The van der Waals surface area contributed by atoms with Gasteiger partial charge in [-0.05, 0) is 37.6 Å². The predicted octanol–water partition coefficient (Wildman–Crippen LogP) is 2.20. The molecule has 0 unspecified atom stereocenters. The van der Waals surface area contributed by atoms with Crippen LogP contribution in [0.15, 0.2) is 28.7 Å². The van der Waals surface area contributed by atoms with Gasteiger partial charge in [-0.2, -0.15) is 0 Å². The number of benzene rings is 1. The van der Waals surface area contributed by atoms with Crippen LogP contribution in [0.1, 0.15) is 18.4 Å². The Morgan fingerprint density at radius 1 is 1.56 bits per heavy atom. The summed E-state index contributed by atoms with van der Waals surface area (Å²) in [7, 11) is 1.94. The summed E-state index contributed by atoms with van der Waals surface area (Å²) in [6.45, 7) is 1.80. The Morgan fingerprint density at radius 3 is 3.11 bits per heavy atom. The molecule has 1 saturated heterocycles. The lowest BCUT2D eigenvalue weighted by Crippen LogP contribution is -2.41. The van der Waals surface area contributed by atoms with Crippen LogP contribution in [-0.4, -0.2) is 37.0 Å². The molecule has 1 aliphatic heterocycles. The molecule has 1 aliphatic rings. The number of nitrogens with zero attached hydrogens (tertiary/aromatic N) is 1. The highest BCUT2D eigenvalue weighted by molar-refractivity contribution is 9.10. The molecule has 1 amide bonds. The maximum atomic E-state index is 12.3. The fraction of sp³-hybridized carbons (Fsp3) is 0.500. The van der Waals surface area contributed by atoms with E-state index < -0.39 is 0 Å². The van der Waals surface area contributed by atoms with Gasteiger partial charge >= 0.3 is 0 Å². The minimum Gasteiger partial charge on any atom is -0.338 e. The largest absolute Gasteiger partial charge is 0.338 e. The first kappa shape index (κ1) is 13.6. The molecule has 3 nitrogen and oxygen atoms in total. The maximum Gasteiger partial charge on any atom is 0.227 e. The molecule has 18 heavy (non-hydrogen) atoms. The Balaban J connectivity index is 1.99. The zero-order valence-corrected chi connectivity index (χ0v) is 12.2. The molecule has 1 heterocycles. The van der Waals surface area contributed by atoms with Crippen molar-refractivity contribution in [3.8, 4) is 0 Å². The third kappa shape index (κ3) is 3.33. The van der Waals surface area contributed by atoms with E-state index in [9.17, 15) is 4.79 Å². The summed E-state index contributed by atoms with van der Waals surface area (Å²) >= 11 is 3.44. The molecule has 0 aliphatic carbocycles. The monoisotopic (exact) mass is 310 g/mol. The first-order valence-electron chi connectivity index (χ1n) is 6.39. The van der Waals surface area contributed by atoms with E-state index in [1.165, 1.54) is 0 Å². The summed E-state index contributed by atoms with van der Waals surface area (Å²) in [4.78, 5) is 14.3. The number of nitrogens with one attached hydrogen (secondary N) is 1. The molecular weight excluding hydrogens is 292 g/mol. The van der Waals surface area contributed by atoms with Crippen molar-refractivity contribution >= 4 is 21.8 Å². The number of hydrogen-bond donors (Lipinski definition) is 1. The molecule has 2 rings (SSSR count). The first-order valence-corrected chi connectivity index (χ1v) is 7.18. The highest BCUT2D eigenvalue weighted by Gasteiger charge is 2.27. The molecule has 0 radical (unpaired) electrons. The molecule has 1 aromatic carbocycles. The van der Waals surface area contributed by atoms with Gasteiger partial charge in [0.2, 0.25) is 5.91 Å². The zero-order chi connectivity index (χ0) is 13.0. The fourth-order valence-electron chi connectivity index (χ4n) is 2.53. The van der Waals surface area contributed by atoms with Crippen molar-refractivity contribution in [1.82, 2.24) is 10.2 Å². The average Bonchev–Trinajstić information content (AvgIpc) is 2.78. The molecule has 1 fully saturated rings. The molecule has 4 heteroatoms. The van der Waals surface area contributed by atoms with Crippen LogP contribution >= 0.6 is 15.9 Å². The molecule has 98 valence electrons. The number of likely N-dealkylation sites (N-methyl/N-ethyl adjacent to an activating group) is 1. The number of likely N-dealkylation sites (tertiary alicyclic amines) is 1. The lowest BCUT2D eigenvalue weighted by Gasteiger charge is -2.24. The van der Waals surface area contributed by atoms with E-state index in [0.29, 0.717) is 12.5 Å². The van der Waals surface area contributed by atoms with Crippen molar-refractivity contribution in [2.45, 2.75) is 25.3 Å². The summed E-state index contributed by atoms with van der Waals surface area (Å²) in [5, 5.41) is 3.17. The van der Waals surface area contributed by atoms with E-state index >= 15 is 0 Å². The lowest BCUT2D eigenvalue weighted by atomic mass is 10.1. The van der Waals surface area contributed by atoms with E-state index in [1.807, 2.05) is 36.2 Å². The molecule has 1 atom stereocenters.